The van der Waals surface area contributed by atoms with Crippen molar-refractivity contribution in [3.63, 3.8) is 0 Å². The van der Waals surface area contributed by atoms with Crippen LogP contribution < -0.4 is 10.6 Å². The number of halogens is 3. The van der Waals surface area contributed by atoms with Crippen molar-refractivity contribution in [2.75, 3.05) is 19.7 Å². The van der Waals surface area contributed by atoms with Gasteiger partial charge in [0.25, 0.3) is 5.91 Å². The summed E-state index contributed by atoms with van der Waals surface area (Å²) in [6.07, 6.45) is 0.0474. The lowest BCUT2D eigenvalue weighted by Gasteiger charge is -2.27. The number of ether oxygens (including phenoxy) is 1. The van der Waals surface area contributed by atoms with Crippen LogP contribution in [0.1, 0.15) is 13.8 Å². The number of allylic oxidation sites excluding steroid dienone is 2. The molecule has 144 valence electrons. The quantitative estimate of drug-likeness (QED) is 0.278. The van der Waals surface area contributed by atoms with Crippen LogP contribution in [0.15, 0.2) is 36.1 Å². The lowest BCUT2D eigenvalue weighted by atomic mass is 10.0. The fourth-order valence-electron chi connectivity index (χ4n) is 2.20. The lowest BCUT2D eigenvalue weighted by molar-refractivity contribution is -0.163. The van der Waals surface area contributed by atoms with Crippen molar-refractivity contribution in [1.82, 2.24) is 15.5 Å². The maximum atomic E-state index is 12.3. The van der Waals surface area contributed by atoms with Crippen molar-refractivity contribution in [1.29, 1.82) is 0 Å². The zero-order chi connectivity index (χ0) is 20.0. The normalized spacial score (nSPS) is 20.7. The second-order valence-corrected chi connectivity index (χ2v) is 5.86. The number of rotatable bonds is 9. The van der Waals surface area contributed by atoms with Gasteiger partial charge < -0.3 is 15.0 Å². The van der Waals surface area contributed by atoms with E-state index in [1.54, 1.807) is 6.92 Å². The van der Waals surface area contributed by atoms with E-state index >= 15 is 0 Å². The molecule has 1 unspecified atom stereocenters. The van der Waals surface area contributed by atoms with Gasteiger partial charge in [-0.05, 0) is 31.6 Å². The van der Waals surface area contributed by atoms with Gasteiger partial charge in [-0.2, -0.15) is 13.2 Å². The van der Waals surface area contributed by atoms with Crippen molar-refractivity contribution in [2.24, 2.45) is 0 Å². The third-order valence-corrected chi connectivity index (χ3v) is 3.27. The van der Waals surface area contributed by atoms with Gasteiger partial charge in [0.15, 0.2) is 6.61 Å². The Morgan fingerprint density at radius 3 is 2.50 bits per heavy atom. The second kappa shape index (κ2) is 8.54. The van der Waals surface area contributed by atoms with Crippen LogP contribution in [0.3, 0.4) is 0 Å². The fraction of sp³-hybridized carbons (Fsp3) is 0.438. The molecule has 1 aliphatic rings. The Morgan fingerprint density at radius 1 is 1.38 bits per heavy atom. The molecule has 26 heavy (non-hydrogen) atoms. The topological polar surface area (TPSA) is 87.7 Å². The number of nitrogens with one attached hydrogen (secondary N) is 2. The molecule has 0 aromatic carbocycles. The first-order valence-corrected chi connectivity index (χ1v) is 7.54. The summed E-state index contributed by atoms with van der Waals surface area (Å²) < 4.78 is 41.5. The first kappa shape index (κ1) is 21.3. The molecule has 4 amide bonds. The van der Waals surface area contributed by atoms with Gasteiger partial charge in [-0.3, -0.25) is 14.9 Å². The number of carbonyl (C=O) groups excluding carboxylic acids is 3. The Kier molecular flexibility index (Phi) is 6.99. The van der Waals surface area contributed by atoms with Crippen LogP contribution in [-0.2, 0) is 14.3 Å². The highest BCUT2D eigenvalue weighted by molar-refractivity contribution is 6.07. The van der Waals surface area contributed by atoms with Crippen molar-refractivity contribution >= 4 is 18.3 Å². The first-order chi connectivity index (χ1) is 12.0. The second-order valence-electron chi connectivity index (χ2n) is 5.86. The van der Waals surface area contributed by atoms with Gasteiger partial charge in [0.1, 0.15) is 11.3 Å². The summed E-state index contributed by atoms with van der Waals surface area (Å²) in [5.74, 6) is -0.655. The number of hydrogen-bond donors (Lipinski definition) is 2. The Labute approximate surface area is 148 Å². The van der Waals surface area contributed by atoms with Crippen LogP contribution in [0.5, 0.6) is 0 Å². The molecule has 0 radical (unpaired) electrons. The largest absolute Gasteiger partial charge is 0.484 e. The standard InChI is InChI=1S/C16H20F3N3O4/c1-4-5-12(26-9-16(17,18)19)6-11(2)7-22(10-23)8-15(3)13(24)20-14(25)21-15/h4-6,10H,2,7-9H2,1,3H3,(H2,20,21,24,25)/b5-4-,12-6+. The molecule has 0 bridgehead atoms. The van der Waals surface area contributed by atoms with Gasteiger partial charge in [0.05, 0.1) is 6.54 Å². The van der Waals surface area contributed by atoms with Crippen LogP contribution in [0.25, 0.3) is 0 Å². The molecule has 0 aromatic heterocycles. The van der Waals surface area contributed by atoms with Gasteiger partial charge in [-0.15, -0.1) is 0 Å². The van der Waals surface area contributed by atoms with Gasteiger partial charge in [0, 0.05) is 6.54 Å². The van der Waals surface area contributed by atoms with E-state index in [1.807, 2.05) is 0 Å². The number of carbonyl (C=O) groups is 3. The number of urea groups is 1. The number of amides is 4. The molecule has 10 heteroatoms. The Bertz CT molecular complexity index is 643. The molecule has 7 nitrogen and oxygen atoms in total. The van der Waals surface area contributed by atoms with Crippen molar-refractivity contribution in [2.45, 2.75) is 25.6 Å². The van der Waals surface area contributed by atoms with Gasteiger partial charge >= 0.3 is 12.2 Å². The van der Waals surface area contributed by atoms with E-state index in [4.69, 9.17) is 0 Å². The minimum absolute atomic E-state index is 0.0706. The van der Waals surface area contributed by atoms with Gasteiger partial charge in [0.2, 0.25) is 6.41 Å². The average Bonchev–Trinajstić information content (AvgIpc) is 2.76. The molecular formula is C16H20F3N3O4. The average molecular weight is 375 g/mol. The van der Waals surface area contributed by atoms with Gasteiger partial charge in [-0.1, -0.05) is 12.7 Å². The van der Waals surface area contributed by atoms with Crippen molar-refractivity contribution in [3.05, 3.63) is 36.1 Å². The van der Waals surface area contributed by atoms with E-state index in [1.165, 1.54) is 30.1 Å². The number of nitrogens with zero attached hydrogens (tertiary/aromatic N) is 1. The molecule has 1 fully saturated rings. The highest BCUT2D eigenvalue weighted by Gasteiger charge is 2.43. The van der Waals surface area contributed by atoms with Crippen LogP contribution in [0, 0.1) is 0 Å². The molecule has 1 rings (SSSR count). The zero-order valence-corrected chi connectivity index (χ0v) is 14.4. The van der Waals surface area contributed by atoms with E-state index in [2.05, 4.69) is 21.9 Å². The SMILES string of the molecule is C=C(/C=C(\C=C/C)OCC(F)(F)F)CN(C=O)CC1(C)NC(=O)NC1=O. The first-order valence-electron chi connectivity index (χ1n) is 7.54. The van der Waals surface area contributed by atoms with Gasteiger partial charge in [-0.25, -0.2) is 4.79 Å². The van der Waals surface area contributed by atoms with E-state index in [9.17, 15) is 27.6 Å². The van der Waals surface area contributed by atoms with Crippen molar-refractivity contribution in [3.8, 4) is 0 Å². The van der Waals surface area contributed by atoms with E-state index in [0.717, 1.165) is 0 Å². The Morgan fingerprint density at radius 2 is 2.04 bits per heavy atom. The predicted molar refractivity (Wildman–Crippen MR) is 86.8 cm³/mol. The van der Waals surface area contributed by atoms with E-state index < -0.39 is 30.3 Å². The summed E-state index contributed by atoms with van der Waals surface area (Å²) in [7, 11) is 0. The molecule has 1 saturated heterocycles. The lowest BCUT2D eigenvalue weighted by Crippen LogP contribution is -2.52. The minimum Gasteiger partial charge on any atom is -0.484 e. The summed E-state index contributed by atoms with van der Waals surface area (Å²) in [4.78, 5) is 35.4. The monoisotopic (exact) mass is 375 g/mol. The van der Waals surface area contributed by atoms with Crippen molar-refractivity contribution < 1.29 is 32.3 Å². The molecule has 0 aliphatic carbocycles. The molecule has 1 atom stereocenters. The van der Waals surface area contributed by atoms with E-state index in [-0.39, 0.29) is 24.4 Å². The number of alkyl halides is 3. The molecule has 0 spiro atoms. The molecule has 1 heterocycles. The number of imide groups is 1. The summed E-state index contributed by atoms with van der Waals surface area (Å²) in [6.45, 7) is 5.06. The molecule has 0 saturated carbocycles. The molecule has 0 aromatic rings. The van der Waals surface area contributed by atoms with Crippen LogP contribution in [-0.4, -0.2) is 54.7 Å². The smallest absolute Gasteiger partial charge is 0.422 e. The minimum atomic E-state index is -4.49. The molecule has 1 aliphatic heterocycles. The fourth-order valence-corrected chi connectivity index (χ4v) is 2.20. The summed E-state index contributed by atoms with van der Waals surface area (Å²) in [5.41, 5.74) is -1.03. The van der Waals surface area contributed by atoms with E-state index in [0.29, 0.717) is 6.41 Å². The van der Waals surface area contributed by atoms with Crippen LogP contribution >= 0.6 is 0 Å². The highest BCUT2D eigenvalue weighted by atomic mass is 19.4. The predicted octanol–water partition coefficient (Wildman–Crippen LogP) is 1.64. The molecule has 2 N–H and O–H groups in total. The summed E-state index contributed by atoms with van der Waals surface area (Å²) >= 11 is 0. The Balaban J connectivity index is 2.76. The third-order valence-electron chi connectivity index (χ3n) is 3.27. The van der Waals surface area contributed by atoms with Crippen LogP contribution in [0.2, 0.25) is 0 Å². The Hall–Kier alpha value is -2.78. The maximum Gasteiger partial charge on any atom is 0.422 e. The summed E-state index contributed by atoms with van der Waals surface area (Å²) in [6, 6.07) is -0.669. The van der Waals surface area contributed by atoms with Crippen LogP contribution in [0.4, 0.5) is 18.0 Å². The number of hydrogen-bond acceptors (Lipinski definition) is 4. The zero-order valence-electron chi connectivity index (χ0n) is 14.4. The molecular weight excluding hydrogens is 355 g/mol. The summed E-state index contributed by atoms with van der Waals surface area (Å²) in [5, 5.41) is 4.48. The maximum absolute atomic E-state index is 12.3. The highest BCUT2D eigenvalue weighted by Crippen LogP contribution is 2.18. The third kappa shape index (κ3) is 6.61.